The molecule has 1 aliphatic heterocycles. The first-order valence-corrected chi connectivity index (χ1v) is 12.6. The molecule has 10 heteroatoms. The number of pyridine rings is 1. The van der Waals surface area contributed by atoms with E-state index in [9.17, 15) is 4.79 Å². The SMILES string of the molecule is COc1ccc(CON2c3nc4c5ccccc5n(-c5ccccn5)n4c(=O)c3C=NC2SC)cc1. The fraction of sp³-hybridized carbons (Fsp3) is 0.154. The van der Waals surface area contributed by atoms with Crippen molar-refractivity contribution in [2.75, 3.05) is 18.4 Å². The smallest absolute Gasteiger partial charge is 0.284 e. The Morgan fingerprint density at radius 3 is 2.58 bits per heavy atom. The predicted molar refractivity (Wildman–Crippen MR) is 141 cm³/mol. The van der Waals surface area contributed by atoms with Crippen molar-refractivity contribution in [3.05, 3.63) is 94.4 Å². The van der Waals surface area contributed by atoms with Crippen molar-refractivity contribution in [1.82, 2.24) is 19.2 Å². The summed E-state index contributed by atoms with van der Waals surface area (Å²) in [4.78, 5) is 34.1. The van der Waals surface area contributed by atoms with Crippen LogP contribution in [0.5, 0.6) is 5.75 Å². The monoisotopic (exact) mass is 498 g/mol. The summed E-state index contributed by atoms with van der Waals surface area (Å²) < 4.78 is 8.58. The van der Waals surface area contributed by atoms with Gasteiger partial charge < -0.3 is 4.74 Å². The molecule has 0 bridgehead atoms. The lowest BCUT2D eigenvalue weighted by Gasteiger charge is -2.31. The van der Waals surface area contributed by atoms with Crippen LogP contribution in [0.25, 0.3) is 22.4 Å². The van der Waals surface area contributed by atoms with Crippen molar-refractivity contribution in [3.8, 4) is 11.6 Å². The molecule has 0 radical (unpaired) electrons. The summed E-state index contributed by atoms with van der Waals surface area (Å²) in [5.41, 5.74) is 2.02. The topological polar surface area (TPSA) is 86.3 Å². The molecule has 0 aliphatic carbocycles. The molecule has 1 atom stereocenters. The third-order valence-electron chi connectivity index (χ3n) is 6.00. The van der Waals surface area contributed by atoms with Crippen molar-refractivity contribution >= 4 is 40.3 Å². The summed E-state index contributed by atoms with van der Waals surface area (Å²) in [5, 5.41) is 2.46. The van der Waals surface area contributed by atoms with Crippen LogP contribution in [0.4, 0.5) is 5.82 Å². The molecule has 1 aliphatic rings. The fourth-order valence-corrected chi connectivity index (χ4v) is 4.80. The van der Waals surface area contributed by atoms with Gasteiger partial charge in [-0.25, -0.2) is 14.6 Å². The highest BCUT2D eigenvalue weighted by atomic mass is 32.2. The third-order valence-corrected chi connectivity index (χ3v) is 6.73. The van der Waals surface area contributed by atoms with Crippen molar-refractivity contribution in [1.29, 1.82) is 0 Å². The molecule has 180 valence electrons. The lowest BCUT2D eigenvalue weighted by molar-refractivity contribution is 0.0878. The minimum Gasteiger partial charge on any atom is -0.497 e. The van der Waals surface area contributed by atoms with Gasteiger partial charge in [-0.3, -0.25) is 14.6 Å². The van der Waals surface area contributed by atoms with E-state index in [0.717, 1.165) is 22.2 Å². The number of aromatic nitrogens is 4. The largest absolute Gasteiger partial charge is 0.497 e. The Morgan fingerprint density at radius 1 is 1.03 bits per heavy atom. The normalized spacial score (nSPS) is 14.9. The number of hydrogen-bond acceptors (Lipinski definition) is 8. The van der Waals surface area contributed by atoms with Gasteiger partial charge in [-0.1, -0.05) is 30.3 Å². The van der Waals surface area contributed by atoms with E-state index in [-0.39, 0.29) is 17.7 Å². The van der Waals surface area contributed by atoms with E-state index in [1.807, 2.05) is 73.0 Å². The first kappa shape index (κ1) is 22.3. The average Bonchev–Trinajstić information content (AvgIpc) is 3.27. The first-order valence-electron chi connectivity index (χ1n) is 11.3. The van der Waals surface area contributed by atoms with Gasteiger partial charge in [-0.15, -0.1) is 11.8 Å². The Labute approximate surface area is 210 Å². The Kier molecular flexibility index (Phi) is 5.67. The zero-order valence-electron chi connectivity index (χ0n) is 19.6. The average molecular weight is 499 g/mol. The molecule has 0 saturated carbocycles. The summed E-state index contributed by atoms with van der Waals surface area (Å²) in [6.07, 6.45) is 5.23. The highest BCUT2D eigenvalue weighted by Crippen LogP contribution is 2.31. The zero-order valence-corrected chi connectivity index (χ0v) is 20.4. The molecular weight excluding hydrogens is 476 g/mol. The van der Waals surface area contributed by atoms with Gasteiger partial charge in [0.1, 0.15) is 17.9 Å². The van der Waals surface area contributed by atoms with Gasteiger partial charge in [0.2, 0.25) is 0 Å². The quantitative estimate of drug-likeness (QED) is 0.349. The zero-order chi connectivity index (χ0) is 24.6. The molecule has 36 heavy (non-hydrogen) atoms. The summed E-state index contributed by atoms with van der Waals surface area (Å²) >= 11 is 1.49. The standard InChI is InChI=1S/C26H22N6O3S/c1-34-18-12-10-17(11-13-18)16-35-32-24-20(15-28-26(32)36-2)25(33)31-23(29-24)19-7-3-4-8-21(19)30(31)22-9-5-6-14-27-22/h3-15,26H,16H2,1-2H3. The number of methoxy groups -OCH3 is 1. The van der Waals surface area contributed by atoms with Crippen LogP contribution in [0, 0.1) is 0 Å². The molecule has 6 rings (SSSR count). The lowest BCUT2D eigenvalue weighted by Crippen LogP contribution is -2.39. The van der Waals surface area contributed by atoms with Gasteiger partial charge in [0.05, 0.1) is 12.6 Å². The van der Waals surface area contributed by atoms with E-state index < -0.39 is 0 Å². The Bertz CT molecular complexity index is 1650. The van der Waals surface area contributed by atoms with E-state index >= 15 is 0 Å². The number of fused-ring (bicyclic) bond motifs is 4. The van der Waals surface area contributed by atoms with E-state index in [1.54, 1.807) is 33.8 Å². The van der Waals surface area contributed by atoms with Crippen molar-refractivity contribution in [2.24, 2.45) is 4.99 Å². The number of rotatable bonds is 6. The maximum Gasteiger partial charge on any atom is 0.284 e. The van der Waals surface area contributed by atoms with Gasteiger partial charge >= 0.3 is 0 Å². The number of ether oxygens (including phenoxy) is 1. The highest BCUT2D eigenvalue weighted by molar-refractivity contribution is 7.99. The molecule has 5 aromatic rings. The van der Waals surface area contributed by atoms with Crippen LogP contribution in [0.15, 0.2) is 82.7 Å². The van der Waals surface area contributed by atoms with E-state index in [0.29, 0.717) is 22.8 Å². The van der Waals surface area contributed by atoms with Crippen molar-refractivity contribution in [2.45, 2.75) is 12.1 Å². The molecule has 0 saturated heterocycles. The number of anilines is 1. The second-order valence-electron chi connectivity index (χ2n) is 8.09. The minimum absolute atomic E-state index is 0.252. The molecule has 2 aromatic carbocycles. The molecule has 0 N–H and O–H groups in total. The van der Waals surface area contributed by atoms with Gasteiger partial charge in [-0.05, 0) is 48.2 Å². The summed E-state index contributed by atoms with van der Waals surface area (Å²) in [5.74, 6) is 1.83. The van der Waals surface area contributed by atoms with Crippen LogP contribution in [0.3, 0.4) is 0 Å². The molecule has 0 fully saturated rings. The number of hydroxylamine groups is 1. The first-order chi connectivity index (χ1) is 17.7. The van der Waals surface area contributed by atoms with Gasteiger partial charge in [0.15, 0.2) is 22.8 Å². The Morgan fingerprint density at radius 2 is 1.83 bits per heavy atom. The molecule has 3 aromatic heterocycles. The molecule has 4 heterocycles. The number of benzene rings is 2. The van der Waals surface area contributed by atoms with Crippen LogP contribution in [0.2, 0.25) is 0 Å². The van der Waals surface area contributed by atoms with E-state index in [2.05, 4.69) is 9.98 Å². The maximum atomic E-state index is 13.9. The molecule has 9 nitrogen and oxygen atoms in total. The van der Waals surface area contributed by atoms with Crippen LogP contribution in [-0.2, 0) is 11.4 Å². The molecular formula is C26H22N6O3S. The van der Waals surface area contributed by atoms with Gasteiger partial charge in [0.25, 0.3) is 5.56 Å². The summed E-state index contributed by atoms with van der Waals surface area (Å²) in [7, 11) is 1.63. The number of para-hydroxylation sites is 1. The number of hydrogen-bond donors (Lipinski definition) is 0. The second kappa shape index (κ2) is 9.14. The number of nitrogens with zero attached hydrogens (tertiary/aromatic N) is 6. The fourth-order valence-electron chi connectivity index (χ4n) is 4.27. The lowest BCUT2D eigenvalue weighted by atomic mass is 10.2. The van der Waals surface area contributed by atoms with E-state index in [4.69, 9.17) is 14.6 Å². The van der Waals surface area contributed by atoms with Crippen molar-refractivity contribution in [3.63, 3.8) is 0 Å². The number of thioether (sulfide) groups is 1. The van der Waals surface area contributed by atoms with E-state index in [1.165, 1.54) is 11.8 Å². The van der Waals surface area contributed by atoms with Crippen LogP contribution >= 0.6 is 11.8 Å². The second-order valence-corrected chi connectivity index (χ2v) is 8.99. The Hall–Kier alpha value is -4.15. The molecule has 1 unspecified atom stereocenters. The molecule has 0 amide bonds. The highest BCUT2D eigenvalue weighted by Gasteiger charge is 2.30. The number of aliphatic imine (C=N–C) groups is 1. The van der Waals surface area contributed by atoms with Crippen LogP contribution < -0.4 is 15.4 Å². The van der Waals surface area contributed by atoms with Crippen LogP contribution in [0.1, 0.15) is 11.1 Å². The molecule has 0 spiro atoms. The van der Waals surface area contributed by atoms with Gasteiger partial charge in [0, 0.05) is 17.8 Å². The minimum atomic E-state index is -0.380. The third kappa shape index (κ3) is 3.62. The van der Waals surface area contributed by atoms with Crippen LogP contribution in [-0.4, -0.2) is 44.2 Å². The summed E-state index contributed by atoms with van der Waals surface area (Å²) in [6, 6.07) is 21.0. The van der Waals surface area contributed by atoms with Gasteiger partial charge in [-0.2, -0.15) is 9.58 Å². The van der Waals surface area contributed by atoms with Crippen molar-refractivity contribution < 1.29 is 9.57 Å². The summed E-state index contributed by atoms with van der Waals surface area (Å²) in [6.45, 7) is 0.284. The predicted octanol–water partition coefficient (Wildman–Crippen LogP) is 4.06. The maximum absolute atomic E-state index is 13.9. The Balaban J connectivity index is 1.51.